The maximum atomic E-state index is 13.6. The number of aryl methyl sites for hydroxylation is 1. The number of hydrogen-bond donors (Lipinski definition) is 0. The van der Waals surface area contributed by atoms with Crippen molar-refractivity contribution in [3.63, 3.8) is 0 Å². The van der Waals surface area contributed by atoms with Gasteiger partial charge in [-0.15, -0.1) is 0 Å². The predicted octanol–water partition coefficient (Wildman–Crippen LogP) is 3.76. The number of ether oxygens (including phenoxy) is 1. The molecule has 0 atom stereocenters. The summed E-state index contributed by atoms with van der Waals surface area (Å²) in [5.74, 6) is 1.50. The quantitative estimate of drug-likeness (QED) is 0.661. The Bertz CT molecular complexity index is 1080. The minimum atomic E-state index is -0.361. The lowest BCUT2D eigenvalue weighted by Crippen LogP contribution is -2.36. The van der Waals surface area contributed by atoms with Gasteiger partial charge in [0.15, 0.2) is 5.89 Å². The van der Waals surface area contributed by atoms with Gasteiger partial charge in [-0.3, -0.25) is 9.78 Å². The van der Waals surface area contributed by atoms with Crippen LogP contribution in [-0.2, 0) is 17.7 Å². The van der Waals surface area contributed by atoms with E-state index >= 15 is 0 Å². The topological polar surface area (TPSA) is 68.5 Å². The van der Waals surface area contributed by atoms with E-state index in [4.69, 9.17) is 14.1 Å². The van der Waals surface area contributed by atoms with Gasteiger partial charge in [0.1, 0.15) is 17.3 Å². The van der Waals surface area contributed by atoms with Crippen LogP contribution in [0.3, 0.4) is 0 Å². The molecule has 2 aromatic heterocycles. The van der Waals surface area contributed by atoms with Crippen LogP contribution in [-0.4, -0.2) is 40.5 Å². The van der Waals surface area contributed by atoms with E-state index in [0.717, 1.165) is 43.4 Å². The second kappa shape index (κ2) is 7.22. The summed E-state index contributed by atoms with van der Waals surface area (Å²) >= 11 is 0. The van der Waals surface area contributed by atoms with Crippen LogP contribution in [0.5, 0.6) is 0 Å². The molecule has 1 amide bonds. The fourth-order valence-corrected chi connectivity index (χ4v) is 4.19. The highest BCUT2D eigenvalue weighted by Crippen LogP contribution is 2.31. The molecule has 0 aliphatic carbocycles. The number of carbonyl (C=O) groups is 1. The van der Waals surface area contributed by atoms with Crippen molar-refractivity contribution in [2.45, 2.75) is 38.6 Å². The summed E-state index contributed by atoms with van der Waals surface area (Å²) in [7, 11) is 0. The number of oxazole rings is 1. The van der Waals surface area contributed by atoms with Gasteiger partial charge < -0.3 is 14.1 Å². The summed E-state index contributed by atoms with van der Waals surface area (Å²) in [6, 6.07) is 6.13. The summed E-state index contributed by atoms with van der Waals surface area (Å²) in [5.41, 5.74) is 2.57. The molecule has 4 heterocycles. The Kier molecular flexibility index (Phi) is 4.54. The van der Waals surface area contributed by atoms with Gasteiger partial charge in [-0.25, -0.2) is 9.37 Å². The summed E-state index contributed by atoms with van der Waals surface area (Å²) in [5, 5.41) is 0.663. The largest absolute Gasteiger partial charge is 0.445 e. The molecule has 150 valence electrons. The van der Waals surface area contributed by atoms with E-state index in [0.29, 0.717) is 47.6 Å². The van der Waals surface area contributed by atoms with E-state index in [1.165, 1.54) is 12.1 Å². The molecule has 7 heteroatoms. The van der Waals surface area contributed by atoms with Crippen LogP contribution in [0, 0.1) is 12.7 Å². The van der Waals surface area contributed by atoms with Gasteiger partial charge in [-0.1, -0.05) is 0 Å². The number of pyridine rings is 1. The molecule has 2 aliphatic heterocycles. The van der Waals surface area contributed by atoms with Gasteiger partial charge in [-0.2, -0.15) is 0 Å². The van der Waals surface area contributed by atoms with Crippen molar-refractivity contribution in [1.29, 1.82) is 0 Å². The molecule has 29 heavy (non-hydrogen) atoms. The lowest BCUT2D eigenvalue weighted by Gasteiger charge is -2.26. The van der Waals surface area contributed by atoms with E-state index in [1.807, 2.05) is 6.92 Å². The van der Waals surface area contributed by atoms with E-state index in [-0.39, 0.29) is 11.7 Å². The summed E-state index contributed by atoms with van der Waals surface area (Å²) in [4.78, 5) is 24.2. The molecule has 1 aromatic carbocycles. The van der Waals surface area contributed by atoms with Crippen LogP contribution in [0.25, 0.3) is 10.9 Å². The molecule has 0 radical (unpaired) electrons. The number of nitrogens with zero attached hydrogens (tertiary/aromatic N) is 3. The van der Waals surface area contributed by atoms with E-state index in [2.05, 4.69) is 4.98 Å². The minimum absolute atomic E-state index is 0.0895. The number of fused-ring (bicyclic) bond motifs is 2. The monoisotopic (exact) mass is 395 g/mol. The lowest BCUT2D eigenvalue weighted by molar-refractivity contribution is 0.0727. The number of amides is 1. The van der Waals surface area contributed by atoms with Crippen LogP contribution in [0.15, 0.2) is 28.7 Å². The van der Waals surface area contributed by atoms with Gasteiger partial charge >= 0.3 is 0 Å². The number of benzene rings is 1. The van der Waals surface area contributed by atoms with Gasteiger partial charge in [0.25, 0.3) is 5.91 Å². The Morgan fingerprint density at radius 1 is 1.21 bits per heavy atom. The predicted molar refractivity (Wildman–Crippen MR) is 104 cm³/mol. The third-order valence-corrected chi connectivity index (χ3v) is 5.73. The van der Waals surface area contributed by atoms with Crippen molar-refractivity contribution >= 4 is 16.8 Å². The summed E-state index contributed by atoms with van der Waals surface area (Å²) in [6.07, 6.45) is 2.48. The highest BCUT2D eigenvalue weighted by Gasteiger charge is 2.29. The van der Waals surface area contributed by atoms with Crippen LogP contribution >= 0.6 is 0 Å². The Hall–Kier alpha value is -2.80. The van der Waals surface area contributed by atoms with E-state index in [1.54, 1.807) is 17.0 Å². The Balaban J connectivity index is 1.42. The Morgan fingerprint density at radius 2 is 2.03 bits per heavy atom. The normalized spacial score (nSPS) is 17.5. The first-order valence-electron chi connectivity index (χ1n) is 10.0. The highest BCUT2D eigenvalue weighted by molar-refractivity contribution is 6.06. The Morgan fingerprint density at radius 3 is 2.86 bits per heavy atom. The SMILES string of the molecule is Cc1cc(C(=O)N2CCc3oc(C4CCOCC4)nc3C2)c2ccc(F)cc2n1. The zero-order chi connectivity index (χ0) is 20.0. The van der Waals surface area contributed by atoms with Gasteiger partial charge in [0.2, 0.25) is 0 Å². The smallest absolute Gasteiger partial charge is 0.254 e. The molecule has 0 saturated carbocycles. The fourth-order valence-electron chi connectivity index (χ4n) is 4.19. The van der Waals surface area contributed by atoms with Crippen LogP contribution in [0.1, 0.15) is 52.2 Å². The van der Waals surface area contributed by atoms with Crippen molar-refractivity contribution in [3.05, 3.63) is 58.7 Å². The molecule has 1 fully saturated rings. The first-order valence-corrected chi connectivity index (χ1v) is 10.0. The first-order chi connectivity index (χ1) is 14.1. The second-order valence-electron chi connectivity index (χ2n) is 7.76. The van der Waals surface area contributed by atoms with Crippen molar-refractivity contribution < 1.29 is 18.3 Å². The molecule has 0 bridgehead atoms. The molecule has 2 aliphatic rings. The zero-order valence-corrected chi connectivity index (χ0v) is 16.3. The van der Waals surface area contributed by atoms with Gasteiger partial charge in [0, 0.05) is 49.2 Å². The maximum absolute atomic E-state index is 13.6. The molecule has 0 N–H and O–H groups in total. The minimum Gasteiger partial charge on any atom is -0.445 e. The standard InChI is InChI=1S/C22H22FN3O3/c1-13-10-17(16-3-2-15(23)11-18(16)24-13)22(27)26-7-4-20-19(12-26)25-21(29-20)14-5-8-28-9-6-14/h2-3,10-11,14H,4-9,12H2,1H3. The van der Waals surface area contributed by atoms with E-state index in [9.17, 15) is 9.18 Å². The molecule has 1 saturated heterocycles. The molecular weight excluding hydrogens is 373 g/mol. The van der Waals surface area contributed by atoms with E-state index < -0.39 is 0 Å². The van der Waals surface area contributed by atoms with Crippen molar-refractivity contribution in [1.82, 2.24) is 14.9 Å². The van der Waals surface area contributed by atoms with Crippen LogP contribution in [0.4, 0.5) is 4.39 Å². The third kappa shape index (κ3) is 3.40. The number of rotatable bonds is 2. The van der Waals surface area contributed by atoms with Gasteiger partial charge in [-0.05, 0) is 38.0 Å². The number of aromatic nitrogens is 2. The summed E-state index contributed by atoms with van der Waals surface area (Å²) in [6.45, 7) is 4.27. The number of carbonyl (C=O) groups excluding carboxylic acids is 1. The number of halogens is 1. The van der Waals surface area contributed by atoms with Crippen LogP contribution in [0.2, 0.25) is 0 Å². The molecule has 3 aromatic rings. The molecule has 0 spiro atoms. The average molecular weight is 395 g/mol. The van der Waals surface area contributed by atoms with Crippen molar-refractivity contribution in [2.24, 2.45) is 0 Å². The van der Waals surface area contributed by atoms with Crippen molar-refractivity contribution in [3.8, 4) is 0 Å². The first kappa shape index (κ1) is 18.2. The average Bonchev–Trinajstić information content (AvgIpc) is 3.16. The highest BCUT2D eigenvalue weighted by atomic mass is 19.1. The molecule has 0 unspecified atom stereocenters. The molecule has 6 nitrogen and oxygen atoms in total. The molecule has 5 rings (SSSR count). The second-order valence-corrected chi connectivity index (χ2v) is 7.76. The molecular formula is C22H22FN3O3. The van der Waals surface area contributed by atoms with Gasteiger partial charge in [0.05, 0.1) is 17.6 Å². The number of hydrogen-bond acceptors (Lipinski definition) is 5. The lowest BCUT2D eigenvalue weighted by atomic mass is 10.0. The summed E-state index contributed by atoms with van der Waals surface area (Å²) < 4.78 is 25.1. The maximum Gasteiger partial charge on any atom is 0.254 e. The van der Waals surface area contributed by atoms with Crippen molar-refractivity contribution in [2.75, 3.05) is 19.8 Å². The third-order valence-electron chi connectivity index (χ3n) is 5.73. The van der Waals surface area contributed by atoms with Crippen LogP contribution < -0.4 is 0 Å². The fraction of sp³-hybridized carbons (Fsp3) is 0.409. The Labute approximate surface area is 167 Å². The zero-order valence-electron chi connectivity index (χ0n) is 16.3.